The van der Waals surface area contributed by atoms with Gasteiger partial charge in [0.05, 0.1) is 4.87 Å². The Morgan fingerprint density at radius 3 is 2.72 bits per heavy atom. The Balaban J connectivity index is 1.68. The van der Waals surface area contributed by atoms with Gasteiger partial charge in [-0.1, -0.05) is 28.1 Å². The van der Waals surface area contributed by atoms with Gasteiger partial charge in [0.15, 0.2) is 0 Å². The van der Waals surface area contributed by atoms with Crippen molar-refractivity contribution in [2.45, 2.75) is 37.2 Å². The Bertz CT molecular complexity index is 661. The van der Waals surface area contributed by atoms with Crippen LogP contribution in [-0.2, 0) is 16.1 Å². The highest BCUT2D eigenvalue weighted by Gasteiger charge is 2.51. The molecule has 0 saturated carbocycles. The van der Waals surface area contributed by atoms with Crippen molar-refractivity contribution in [3.63, 3.8) is 0 Å². The van der Waals surface area contributed by atoms with Gasteiger partial charge in [-0.15, -0.1) is 11.8 Å². The molecule has 0 bridgehead atoms. The molecule has 7 heteroatoms. The van der Waals surface area contributed by atoms with Gasteiger partial charge in [0.2, 0.25) is 11.8 Å². The zero-order valence-electron chi connectivity index (χ0n) is 14.6. The number of thioether (sulfide) groups is 1. The zero-order valence-corrected chi connectivity index (χ0v) is 17.0. The van der Waals surface area contributed by atoms with Crippen molar-refractivity contribution in [2.75, 3.05) is 25.9 Å². The zero-order chi connectivity index (χ0) is 18.0. The fourth-order valence-electron chi connectivity index (χ4n) is 3.67. The van der Waals surface area contributed by atoms with E-state index in [-0.39, 0.29) is 22.7 Å². The molecule has 2 saturated heterocycles. The quantitative estimate of drug-likeness (QED) is 0.807. The smallest absolute Gasteiger partial charge is 0.243 e. The lowest BCUT2D eigenvalue weighted by molar-refractivity contribution is -0.142. The van der Waals surface area contributed by atoms with Gasteiger partial charge in [0, 0.05) is 36.8 Å². The first kappa shape index (κ1) is 18.7. The number of nitrogens with zero attached hydrogens (tertiary/aromatic N) is 2. The van der Waals surface area contributed by atoms with Gasteiger partial charge >= 0.3 is 0 Å². The SMILES string of the molecule is CC(=O)N1C(C(=O)NCc2cccc(Br)c2)CSC12CCN(C)CC2. The number of carbonyl (C=O) groups excluding carboxylic acids is 2. The maximum atomic E-state index is 12.8. The Morgan fingerprint density at radius 2 is 2.08 bits per heavy atom. The van der Waals surface area contributed by atoms with E-state index in [0.29, 0.717) is 12.3 Å². The molecule has 1 unspecified atom stereocenters. The molecule has 3 rings (SSSR count). The van der Waals surface area contributed by atoms with E-state index in [0.717, 1.165) is 36.0 Å². The van der Waals surface area contributed by atoms with E-state index in [1.165, 1.54) is 0 Å². The summed E-state index contributed by atoms with van der Waals surface area (Å²) in [7, 11) is 2.10. The summed E-state index contributed by atoms with van der Waals surface area (Å²) in [6.45, 7) is 3.98. The number of hydrogen-bond acceptors (Lipinski definition) is 4. The second-order valence-electron chi connectivity index (χ2n) is 6.81. The van der Waals surface area contributed by atoms with Crippen molar-refractivity contribution >= 4 is 39.5 Å². The second kappa shape index (κ2) is 7.68. The number of piperidine rings is 1. The number of amides is 2. The summed E-state index contributed by atoms with van der Waals surface area (Å²) in [6.07, 6.45) is 1.84. The molecule has 5 nitrogen and oxygen atoms in total. The van der Waals surface area contributed by atoms with Crippen LogP contribution < -0.4 is 5.32 Å². The first-order valence-corrected chi connectivity index (χ1v) is 10.3. The van der Waals surface area contributed by atoms with Gasteiger partial charge in [-0.05, 0) is 37.6 Å². The van der Waals surface area contributed by atoms with Gasteiger partial charge in [0.1, 0.15) is 6.04 Å². The van der Waals surface area contributed by atoms with E-state index in [1.54, 1.807) is 18.7 Å². The maximum Gasteiger partial charge on any atom is 0.243 e. The van der Waals surface area contributed by atoms with Crippen molar-refractivity contribution in [1.29, 1.82) is 0 Å². The maximum absolute atomic E-state index is 12.8. The molecule has 1 N–H and O–H groups in total. The lowest BCUT2D eigenvalue weighted by Gasteiger charge is -2.44. The minimum atomic E-state index is -0.377. The van der Waals surface area contributed by atoms with Crippen LogP contribution in [0.3, 0.4) is 0 Å². The number of likely N-dealkylation sites (tertiary alicyclic amines) is 1. The summed E-state index contributed by atoms with van der Waals surface area (Å²) in [5.41, 5.74) is 1.04. The Morgan fingerprint density at radius 1 is 1.36 bits per heavy atom. The van der Waals surface area contributed by atoms with E-state index in [1.807, 2.05) is 29.2 Å². The molecular formula is C18H24BrN3O2S. The topological polar surface area (TPSA) is 52.7 Å². The molecule has 1 aromatic rings. The molecule has 1 spiro atoms. The van der Waals surface area contributed by atoms with Crippen molar-refractivity contribution < 1.29 is 9.59 Å². The molecule has 1 aromatic carbocycles. The van der Waals surface area contributed by atoms with Crippen LogP contribution in [-0.4, -0.2) is 58.4 Å². The normalized spacial score (nSPS) is 23.0. The van der Waals surface area contributed by atoms with E-state index < -0.39 is 0 Å². The second-order valence-corrected chi connectivity index (χ2v) is 9.11. The molecule has 0 aromatic heterocycles. The molecule has 2 aliphatic heterocycles. The number of halogens is 1. The number of benzene rings is 1. The minimum Gasteiger partial charge on any atom is -0.350 e. The molecule has 2 heterocycles. The van der Waals surface area contributed by atoms with Crippen LogP contribution in [0.5, 0.6) is 0 Å². The highest BCUT2D eigenvalue weighted by Crippen LogP contribution is 2.46. The van der Waals surface area contributed by atoms with E-state index in [9.17, 15) is 9.59 Å². The molecule has 136 valence electrons. The fraction of sp³-hybridized carbons (Fsp3) is 0.556. The first-order valence-electron chi connectivity index (χ1n) is 8.56. The molecule has 2 aliphatic rings. The predicted octanol–water partition coefficient (Wildman–Crippen LogP) is 2.45. The van der Waals surface area contributed by atoms with Gasteiger partial charge in [-0.25, -0.2) is 0 Å². The molecule has 0 radical (unpaired) electrons. The molecule has 2 amide bonds. The van der Waals surface area contributed by atoms with Crippen LogP contribution in [0, 0.1) is 0 Å². The van der Waals surface area contributed by atoms with E-state index in [2.05, 4.69) is 33.2 Å². The molecule has 25 heavy (non-hydrogen) atoms. The van der Waals surface area contributed by atoms with Crippen LogP contribution in [0.1, 0.15) is 25.3 Å². The van der Waals surface area contributed by atoms with Crippen LogP contribution >= 0.6 is 27.7 Å². The van der Waals surface area contributed by atoms with Crippen molar-refractivity contribution in [3.05, 3.63) is 34.3 Å². The van der Waals surface area contributed by atoms with Crippen molar-refractivity contribution in [2.24, 2.45) is 0 Å². The fourth-order valence-corrected chi connectivity index (χ4v) is 5.75. The largest absolute Gasteiger partial charge is 0.350 e. The Kier molecular flexibility index (Phi) is 5.75. The number of nitrogens with one attached hydrogen (secondary N) is 1. The molecule has 0 aliphatic carbocycles. The highest BCUT2D eigenvalue weighted by atomic mass is 79.9. The summed E-state index contributed by atoms with van der Waals surface area (Å²) in [5, 5.41) is 3.01. The third kappa shape index (κ3) is 4.04. The minimum absolute atomic E-state index is 0.00263. The predicted molar refractivity (Wildman–Crippen MR) is 104 cm³/mol. The molecule has 2 fully saturated rings. The van der Waals surface area contributed by atoms with Crippen LogP contribution in [0.4, 0.5) is 0 Å². The lowest BCUT2D eigenvalue weighted by Crippen LogP contribution is -2.57. The van der Waals surface area contributed by atoms with Crippen molar-refractivity contribution in [1.82, 2.24) is 15.1 Å². The average molecular weight is 426 g/mol. The summed E-state index contributed by atoms with van der Waals surface area (Å²) in [6, 6.07) is 7.51. The van der Waals surface area contributed by atoms with Crippen LogP contribution in [0.25, 0.3) is 0 Å². The number of carbonyl (C=O) groups is 2. The van der Waals surface area contributed by atoms with Crippen LogP contribution in [0.15, 0.2) is 28.7 Å². The van der Waals surface area contributed by atoms with Gasteiger partial charge in [-0.2, -0.15) is 0 Å². The third-order valence-electron chi connectivity index (χ3n) is 5.03. The number of hydrogen-bond donors (Lipinski definition) is 1. The summed E-state index contributed by atoms with van der Waals surface area (Å²) >= 11 is 5.22. The molecular weight excluding hydrogens is 402 g/mol. The molecule has 1 atom stereocenters. The van der Waals surface area contributed by atoms with Gasteiger partial charge < -0.3 is 15.1 Å². The Labute approximate surface area is 161 Å². The van der Waals surface area contributed by atoms with E-state index in [4.69, 9.17) is 0 Å². The van der Waals surface area contributed by atoms with Crippen molar-refractivity contribution in [3.8, 4) is 0 Å². The first-order chi connectivity index (χ1) is 11.9. The van der Waals surface area contributed by atoms with Gasteiger partial charge in [-0.3, -0.25) is 9.59 Å². The number of rotatable bonds is 3. The average Bonchev–Trinajstić information content (AvgIpc) is 2.95. The summed E-state index contributed by atoms with van der Waals surface area (Å²) < 4.78 is 0.992. The summed E-state index contributed by atoms with van der Waals surface area (Å²) in [4.78, 5) is 29.0. The summed E-state index contributed by atoms with van der Waals surface area (Å²) in [5.74, 6) is 0.615. The standard InChI is InChI=1S/C18H24BrN3O2S/c1-13(23)22-16(12-25-18(22)6-8-21(2)9-7-18)17(24)20-11-14-4-3-5-15(19)10-14/h3-5,10,16H,6-9,11-12H2,1-2H3,(H,20,24). The third-order valence-corrected chi connectivity index (χ3v) is 7.14. The monoisotopic (exact) mass is 425 g/mol. The Hall–Kier alpha value is -1.05. The highest BCUT2D eigenvalue weighted by molar-refractivity contribution is 9.10. The van der Waals surface area contributed by atoms with Crippen LogP contribution in [0.2, 0.25) is 0 Å². The van der Waals surface area contributed by atoms with E-state index >= 15 is 0 Å². The van der Waals surface area contributed by atoms with Gasteiger partial charge in [0.25, 0.3) is 0 Å². The lowest BCUT2D eigenvalue weighted by atomic mass is 10.0.